The second kappa shape index (κ2) is 7.92. The van der Waals surface area contributed by atoms with Crippen LogP contribution in [-0.4, -0.2) is 48.5 Å². The standard InChI is InChI=1S/C16H22F2N2OS/c1-11(12-3-4-14(17)15(18)7-12)8-19-16(21)9-20(2)13-5-6-22-10-13/h3-4,7,11,13H,5-6,8-10H2,1-2H3,(H,19,21)/t11-,13-/m0/s1. The van der Waals surface area contributed by atoms with Crippen molar-refractivity contribution in [1.29, 1.82) is 0 Å². The molecule has 1 amide bonds. The molecule has 22 heavy (non-hydrogen) atoms. The van der Waals surface area contributed by atoms with Crippen molar-refractivity contribution < 1.29 is 13.6 Å². The SMILES string of the molecule is C[C@@H](CNC(=O)CN(C)[C@H]1CCSC1)c1ccc(F)c(F)c1. The molecule has 0 aliphatic carbocycles. The normalized spacial score (nSPS) is 19.4. The number of likely N-dealkylation sites (N-methyl/N-ethyl adjacent to an activating group) is 1. The van der Waals surface area contributed by atoms with Gasteiger partial charge in [-0.25, -0.2) is 8.78 Å². The van der Waals surface area contributed by atoms with E-state index in [1.54, 1.807) is 6.07 Å². The molecule has 1 heterocycles. The molecule has 0 saturated carbocycles. The molecule has 1 fully saturated rings. The largest absolute Gasteiger partial charge is 0.354 e. The van der Waals surface area contributed by atoms with Crippen LogP contribution in [0.15, 0.2) is 18.2 Å². The molecule has 122 valence electrons. The molecular formula is C16H22F2N2OS. The highest BCUT2D eigenvalue weighted by Gasteiger charge is 2.21. The Labute approximate surface area is 134 Å². The Hall–Kier alpha value is -1.14. The second-order valence-electron chi connectivity index (χ2n) is 5.81. The lowest BCUT2D eigenvalue weighted by Gasteiger charge is -2.23. The number of nitrogens with zero attached hydrogens (tertiary/aromatic N) is 1. The molecule has 0 bridgehead atoms. The minimum atomic E-state index is -0.853. The summed E-state index contributed by atoms with van der Waals surface area (Å²) in [6.07, 6.45) is 1.12. The number of rotatable bonds is 6. The molecule has 0 aromatic heterocycles. The van der Waals surface area contributed by atoms with Crippen LogP contribution < -0.4 is 5.32 Å². The van der Waals surface area contributed by atoms with Gasteiger partial charge in [-0.1, -0.05) is 13.0 Å². The predicted molar refractivity (Wildman–Crippen MR) is 86.1 cm³/mol. The molecule has 0 radical (unpaired) electrons. The van der Waals surface area contributed by atoms with Crippen molar-refractivity contribution in [3.8, 4) is 0 Å². The van der Waals surface area contributed by atoms with E-state index in [-0.39, 0.29) is 11.8 Å². The Kier molecular flexibility index (Phi) is 6.20. The Morgan fingerprint density at radius 1 is 1.45 bits per heavy atom. The van der Waals surface area contributed by atoms with Crippen molar-refractivity contribution in [2.45, 2.75) is 25.3 Å². The molecule has 1 saturated heterocycles. The predicted octanol–water partition coefficient (Wildman–Crippen LogP) is 2.62. The lowest BCUT2D eigenvalue weighted by molar-refractivity contribution is -0.122. The first-order valence-corrected chi connectivity index (χ1v) is 8.62. The van der Waals surface area contributed by atoms with Gasteiger partial charge in [0, 0.05) is 18.3 Å². The van der Waals surface area contributed by atoms with Gasteiger partial charge in [0.25, 0.3) is 0 Å². The fourth-order valence-corrected chi connectivity index (χ4v) is 3.78. The van der Waals surface area contributed by atoms with Gasteiger partial charge in [0.2, 0.25) is 5.91 Å². The quantitative estimate of drug-likeness (QED) is 0.871. The first-order chi connectivity index (χ1) is 10.5. The third kappa shape index (κ3) is 4.68. The number of carbonyl (C=O) groups is 1. The fourth-order valence-electron chi connectivity index (χ4n) is 2.48. The van der Waals surface area contributed by atoms with Gasteiger partial charge in [-0.3, -0.25) is 9.69 Å². The van der Waals surface area contributed by atoms with Crippen LogP contribution in [0.3, 0.4) is 0 Å². The van der Waals surface area contributed by atoms with Crippen LogP contribution in [-0.2, 0) is 4.79 Å². The summed E-state index contributed by atoms with van der Waals surface area (Å²) in [6.45, 7) is 2.66. The van der Waals surface area contributed by atoms with Crippen LogP contribution in [0.1, 0.15) is 24.8 Å². The minimum absolute atomic E-state index is 0.0335. The summed E-state index contributed by atoms with van der Waals surface area (Å²) in [6, 6.07) is 4.33. The van der Waals surface area contributed by atoms with Crippen LogP contribution in [0.4, 0.5) is 8.78 Å². The second-order valence-corrected chi connectivity index (χ2v) is 6.96. The van der Waals surface area contributed by atoms with E-state index in [1.165, 1.54) is 6.07 Å². The lowest BCUT2D eigenvalue weighted by atomic mass is 10.0. The zero-order valence-corrected chi connectivity index (χ0v) is 13.8. The fraction of sp³-hybridized carbons (Fsp3) is 0.562. The number of amides is 1. The van der Waals surface area contributed by atoms with Crippen LogP contribution >= 0.6 is 11.8 Å². The maximum absolute atomic E-state index is 13.2. The van der Waals surface area contributed by atoms with E-state index in [0.29, 0.717) is 24.7 Å². The zero-order valence-electron chi connectivity index (χ0n) is 12.9. The molecule has 1 aliphatic rings. The molecular weight excluding hydrogens is 306 g/mol. The maximum Gasteiger partial charge on any atom is 0.234 e. The van der Waals surface area contributed by atoms with Gasteiger partial charge in [0.15, 0.2) is 11.6 Å². The van der Waals surface area contributed by atoms with E-state index in [2.05, 4.69) is 10.2 Å². The summed E-state index contributed by atoms with van der Waals surface area (Å²) in [5.74, 6) is 0.434. The van der Waals surface area contributed by atoms with Crippen LogP contribution in [0.2, 0.25) is 0 Å². The van der Waals surface area contributed by atoms with Gasteiger partial charge in [0.1, 0.15) is 0 Å². The van der Waals surface area contributed by atoms with E-state index in [9.17, 15) is 13.6 Å². The van der Waals surface area contributed by atoms with Gasteiger partial charge in [-0.05, 0) is 42.8 Å². The van der Waals surface area contributed by atoms with Crippen molar-refractivity contribution in [3.05, 3.63) is 35.4 Å². The summed E-state index contributed by atoms with van der Waals surface area (Å²) in [5, 5.41) is 2.87. The first-order valence-electron chi connectivity index (χ1n) is 7.47. The number of benzene rings is 1. The Balaban J connectivity index is 1.78. The van der Waals surface area contributed by atoms with E-state index in [0.717, 1.165) is 24.0 Å². The third-order valence-corrected chi connectivity index (χ3v) is 5.18. The highest BCUT2D eigenvalue weighted by Crippen LogP contribution is 2.21. The average molecular weight is 328 g/mol. The summed E-state index contributed by atoms with van der Waals surface area (Å²) >= 11 is 1.92. The lowest BCUT2D eigenvalue weighted by Crippen LogP contribution is -2.41. The zero-order chi connectivity index (χ0) is 16.1. The molecule has 3 nitrogen and oxygen atoms in total. The van der Waals surface area contributed by atoms with Crippen molar-refractivity contribution in [1.82, 2.24) is 10.2 Å². The number of hydrogen-bond donors (Lipinski definition) is 1. The van der Waals surface area contributed by atoms with Gasteiger partial charge >= 0.3 is 0 Å². The van der Waals surface area contributed by atoms with E-state index < -0.39 is 11.6 Å². The van der Waals surface area contributed by atoms with Crippen LogP contribution in [0.5, 0.6) is 0 Å². The summed E-state index contributed by atoms with van der Waals surface area (Å²) in [7, 11) is 1.97. The molecule has 1 aromatic carbocycles. The highest BCUT2D eigenvalue weighted by atomic mass is 32.2. The molecule has 1 aromatic rings. The number of halogens is 2. The Morgan fingerprint density at radius 3 is 2.86 bits per heavy atom. The summed E-state index contributed by atoms with van der Waals surface area (Å²) < 4.78 is 26.1. The number of nitrogens with one attached hydrogen (secondary N) is 1. The first kappa shape index (κ1) is 17.2. The minimum Gasteiger partial charge on any atom is -0.354 e. The van der Waals surface area contributed by atoms with Crippen molar-refractivity contribution >= 4 is 17.7 Å². The summed E-state index contributed by atoms with van der Waals surface area (Å²) in [4.78, 5) is 14.1. The van der Waals surface area contributed by atoms with Crippen LogP contribution in [0, 0.1) is 11.6 Å². The smallest absolute Gasteiger partial charge is 0.234 e. The molecule has 6 heteroatoms. The molecule has 1 N–H and O–H groups in total. The number of carbonyl (C=O) groups excluding carboxylic acids is 1. The topological polar surface area (TPSA) is 32.3 Å². The van der Waals surface area contributed by atoms with Crippen molar-refractivity contribution in [3.63, 3.8) is 0 Å². The van der Waals surface area contributed by atoms with E-state index in [4.69, 9.17) is 0 Å². The van der Waals surface area contributed by atoms with Crippen LogP contribution in [0.25, 0.3) is 0 Å². The van der Waals surface area contributed by atoms with Gasteiger partial charge in [0.05, 0.1) is 6.54 Å². The van der Waals surface area contributed by atoms with E-state index in [1.807, 2.05) is 25.7 Å². The molecule has 0 unspecified atom stereocenters. The average Bonchev–Trinajstić information content (AvgIpc) is 3.02. The maximum atomic E-state index is 13.2. The van der Waals surface area contributed by atoms with Crippen molar-refractivity contribution in [2.24, 2.45) is 0 Å². The van der Waals surface area contributed by atoms with Gasteiger partial charge < -0.3 is 5.32 Å². The molecule has 2 rings (SSSR count). The number of thioether (sulfide) groups is 1. The Bertz CT molecular complexity index is 521. The van der Waals surface area contributed by atoms with Crippen molar-refractivity contribution in [2.75, 3.05) is 31.6 Å². The van der Waals surface area contributed by atoms with Gasteiger partial charge in [-0.15, -0.1) is 0 Å². The summed E-state index contributed by atoms with van der Waals surface area (Å²) in [5.41, 5.74) is 0.680. The third-order valence-electron chi connectivity index (χ3n) is 4.04. The molecule has 0 spiro atoms. The molecule has 2 atom stereocenters. The number of hydrogen-bond acceptors (Lipinski definition) is 3. The monoisotopic (exact) mass is 328 g/mol. The van der Waals surface area contributed by atoms with Gasteiger partial charge in [-0.2, -0.15) is 11.8 Å². The van der Waals surface area contributed by atoms with E-state index >= 15 is 0 Å². The molecule has 1 aliphatic heterocycles. The Morgan fingerprint density at radius 2 is 2.23 bits per heavy atom. The highest BCUT2D eigenvalue weighted by molar-refractivity contribution is 7.99.